The van der Waals surface area contributed by atoms with Gasteiger partial charge in [0, 0.05) is 12.0 Å². The van der Waals surface area contributed by atoms with Crippen molar-refractivity contribution in [3.05, 3.63) is 60.2 Å². The molecule has 0 aliphatic heterocycles. The molecule has 1 nitrogen and oxygen atoms in total. The first-order chi connectivity index (χ1) is 7.86. The maximum Gasteiger partial charge on any atom is 0.0177 e. The highest BCUT2D eigenvalue weighted by Crippen LogP contribution is 2.44. The Hall–Kier alpha value is -1.34. The van der Waals surface area contributed by atoms with Crippen LogP contribution in [0.3, 0.4) is 0 Å². The second kappa shape index (κ2) is 3.91. The van der Waals surface area contributed by atoms with Crippen LogP contribution in [0.15, 0.2) is 54.6 Å². The molecule has 0 bridgehead atoms. The number of allylic oxidation sites excluding steroid dienone is 3. The molecule has 4 atom stereocenters. The van der Waals surface area contributed by atoms with Gasteiger partial charge in [0.15, 0.2) is 0 Å². The summed E-state index contributed by atoms with van der Waals surface area (Å²) in [7, 11) is 0. The second-order valence-electron chi connectivity index (χ2n) is 4.84. The predicted molar refractivity (Wildman–Crippen MR) is 67.0 cm³/mol. The number of benzene rings is 1. The Kier molecular flexibility index (Phi) is 2.41. The van der Waals surface area contributed by atoms with E-state index in [-0.39, 0.29) is 6.04 Å². The molecule has 2 aliphatic carbocycles. The van der Waals surface area contributed by atoms with E-state index in [0.717, 1.165) is 0 Å². The van der Waals surface area contributed by atoms with Crippen molar-refractivity contribution in [3.8, 4) is 0 Å². The molecular formula is C15H17N. The van der Waals surface area contributed by atoms with E-state index in [9.17, 15) is 0 Å². The molecule has 0 aromatic heterocycles. The fraction of sp³-hybridized carbons (Fsp3) is 0.333. The van der Waals surface area contributed by atoms with Crippen molar-refractivity contribution in [3.63, 3.8) is 0 Å². The molecule has 1 saturated carbocycles. The molecule has 0 amide bonds. The standard InChI is InChI=1S/C15H17N/c16-15-13-9-5-4-8-12(13)10-14(15)11-6-2-1-3-7-11/h1-9,12-15H,10,16H2. The monoisotopic (exact) mass is 211 g/mol. The van der Waals surface area contributed by atoms with Gasteiger partial charge in [-0.25, -0.2) is 0 Å². The summed E-state index contributed by atoms with van der Waals surface area (Å²) < 4.78 is 0. The molecule has 2 aliphatic rings. The van der Waals surface area contributed by atoms with Crippen LogP contribution in [0.2, 0.25) is 0 Å². The summed E-state index contributed by atoms with van der Waals surface area (Å²) in [6.07, 6.45) is 10.1. The van der Waals surface area contributed by atoms with Crippen LogP contribution in [0.25, 0.3) is 0 Å². The third-order valence-electron chi connectivity index (χ3n) is 3.96. The van der Waals surface area contributed by atoms with Gasteiger partial charge in [-0.1, -0.05) is 54.6 Å². The number of rotatable bonds is 1. The smallest absolute Gasteiger partial charge is 0.0177 e. The Balaban J connectivity index is 1.89. The largest absolute Gasteiger partial charge is 0.327 e. The van der Waals surface area contributed by atoms with Crippen molar-refractivity contribution in [2.75, 3.05) is 0 Å². The third kappa shape index (κ3) is 1.52. The first-order valence-corrected chi connectivity index (χ1v) is 6.02. The van der Waals surface area contributed by atoms with Gasteiger partial charge in [0.05, 0.1) is 0 Å². The highest BCUT2D eigenvalue weighted by atomic mass is 14.7. The summed E-state index contributed by atoms with van der Waals surface area (Å²) in [5, 5.41) is 0. The first-order valence-electron chi connectivity index (χ1n) is 6.02. The van der Waals surface area contributed by atoms with E-state index in [1.165, 1.54) is 12.0 Å². The molecule has 1 heteroatoms. The summed E-state index contributed by atoms with van der Waals surface area (Å²) in [5.74, 6) is 1.70. The second-order valence-corrected chi connectivity index (χ2v) is 4.84. The van der Waals surface area contributed by atoms with Gasteiger partial charge in [0.2, 0.25) is 0 Å². The van der Waals surface area contributed by atoms with Gasteiger partial charge in [-0.05, 0) is 23.8 Å². The van der Waals surface area contributed by atoms with Gasteiger partial charge in [0.25, 0.3) is 0 Å². The summed E-state index contributed by atoms with van der Waals surface area (Å²) in [6.45, 7) is 0. The Morgan fingerprint density at radius 1 is 1.00 bits per heavy atom. The minimum atomic E-state index is 0.272. The number of hydrogen-bond donors (Lipinski definition) is 1. The van der Waals surface area contributed by atoms with E-state index in [4.69, 9.17) is 5.73 Å². The van der Waals surface area contributed by atoms with Gasteiger partial charge in [-0.2, -0.15) is 0 Å². The highest BCUT2D eigenvalue weighted by Gasteiger charge is 2.39. The van der Waals surface area contributed by atoms with Crippen molar-refractivity contribution in [1.29, 1.82) is 0 Å². The fourth-order valence-electron chi connectivity index (χ4n) is 3.10. The Morgan fingerprint density at radius 2 is 1.75 bits per heavy atom. The lowest BCUT2D eigenvalue weighted by molar-refractivity contribution is 0.496. The zero-order chi connectivity index (χ0) is 11.0. The summed E-state index contributed by atoms with van der Waals surface area (Å²) >= 11 is 0. The molecule has 1 aromatic carbocycles. The molecule has 0 heterocycles. The molecule has 0 spiro atoms. The van der Waals surface area contributed by atoms with E-state index >= 15 is 0 Å². The quantitative estimate of drug-likeness (QED) is 0.759. The molecule has 0 radical (unpaired) electrons. The minimum absolute atomic E-state index is 0.272. The van der Waals surface area contributed by atoms with Gasteiger partial charge in [0.1, 0.15) is 0 Å². The summed E-state index contributed by atoms with van der Waals surface area (Å²) in [4.78, 5) is 0. The summed E-state index contributed by atoms with van der Waals surface area (Å²) in [5.41, 5.74) is 7.78. The predicted octanol–water partition coefficient (Wildman–Crippen LogP) is 2.86. The average Bonchev–Trinajstić information content (AvgIpc) is 2.69. The first kappa shape index (κ1) is 9.86. The molecule has 16 heavy (non-hydrogen) atoms. The highest BCUT2D eigenvalue weighted by molar-refractivity contribution is 5.29. The van der Waals surface area contributed by atoms with Crippen LogP contribution in [0, 0.1) is 11.8 Å². The topological polar surface area (TPSA) is 26.0 Å². The molecule has 1 fully saturated rings. The van der Waals surface area contributed by atoms with E-state index in [2.05, 4.69) is 54.6 Å². The average molecular weight is 211 g/mol. The van der Waals surface area contributed by atoms with E-state index in [0.29, 0.717) is 17.8 Å². The minimum Gasteiger partial charge on any atom is -0.327 e. The maximum atomic E-state index is 6.38. The zero-order valence-corrected chi connectivity index (χ0v) is 9.29. The van der Waals surface area contributed by atoms with Crippen LogP contribution >= 0.6 is 0 Å². The Morgan fingerprint density at radius 3 is 2.50 bits per heavy atom. The SMILES string of the molecule is NC1C(c2ccccc2)CC2C=CC=CC21. The zero-order valence-electron chi connectivity index (χ0n) is 9.29. The lowest BCUT2D eigenvalue weighted by Gasteiger charge is -2.20. The lowest BCUT2D eigenvalue weighted by atomic mass is 9.89. The van der Waals surface area contributed by atoms with Crippen molar-refractivity contribution < 1.29 is 0 Å². The molecule has 4 unspecified atom stereocenters. The Labute approximate surface area is 96.7 Å². The molecule has 0 saturated heterocycles. The van der Waals surface area contributed by atoms with Crippen molar-refractivity contribution in [1.82, 2.24) is 0 Å². The summed E-state index contributed by atoms with van der Waals surface area (Å²) in [6, 6.07) is 11.0. The molecule has 3 rings (SSSR count). The van der Waals surface area contributed by atoms with Crippen molar-refractivity contribution in [2.45, 2.75) is 18.4 Å². The molecule has 82 valence electrons. The van der Waals surface area contributed by atoms with Crippen LogP contribution < -0.4 is 5.73 Å². The van der Waals surface area contributed by atoms with Crippen LogP contribution in [-0.4, -0.2) is 6.04 Å². The maximum absolute atomic E-state index is 6.38. The normalized spacial score (nSPS) is 36.3. The van der Waals surface area contributed by atoms with Crippen LogP contribution in [-0.2, 0) is 0 Å². The van der Waals surface area contributed by atoms with Gasteiger partial charge in [-0.15, -0.1) is 0 Å². The number of hydrogen-bond acceptors (Lipinski definition) is 1. The number of fused-ring (bicyclic) bond motifs is 1. The Bertz CT molecular complexity index is 418. The fourth-order valence-corrected chi connectivity index (χ4v) is 3.10. The van der Waals surface area contributed by atoms with Gasteiger partial charge < -0.3 is 5.73 Å². The van der Waals surface area contributed by atoms with Gasteiger partial charge >= 0.3 is 0 Å². The molecule has 2 N–H and O–H groups in total. The van der Waals surface area contributed by atoms with E-state index < -0.39 is 0 Å². The van der Waals surface area contributed by atoms with E-state index in [1.54, 1.807) is 0 Å². The van der Waals surface area contributed by atoms with Gasteiger partial charge in [-0.3, -0.25) is 0 Å². The molecule has 1 aromatic rings. The van der Waals surface area contributed by atoms with Crippen molar-refractivity contribution in [2.24, 2.45) is 17.6 Å². The van der Waals surface area contributed by atoms with Crippen LogP contribution in [0.4, 0.5) is 0 Å². The van der Waals surface area contributed by atoms with E-state index in [1.807, 2.05) is 0 Å². The third-order valence-corrected chi connectivity index (χ3v) is 3.96. The lowest BCUT2D eigenvalue weighted by Crippen LogP contribution is -2.30. The van der Waals surface area contributed by atoms with Crippen LogP contribution in [0.1, 0.15) is 17.9 Å². The van der Waals surface area contributed by atoms with Crippen LogP contribution in [0.5, 0.6) is 0 Å². The number of nitrogens with two attached hydrogens (primary N) is 1. The van der Waals surface area contributed by atoms with Crippen molar-refractivity contribution >= 4 is 0 Å². The molecular weight excluding hydrogens is 194 g/mol.